The van der Waals surface area contributed by atoms with Crippen LogP contribution in [0.25, 0.3) is 0 Å². The maximum Gasteiger partial charge on any atom is 0.308 e. The molecule has 1 unspecified atom stereocenters. The fourth-order valence-corrected chi connectivity index (χ4v) is 3.35. The van der Waals surface area contributed by atoms with Crippen molar-refractivity contribution >= 4 is 26.9 Å². The van der Waals surface area contributed by atoms with Crippen molar-refractivity contribution in [2.24, 2.45) is 5.41 Å². The van der Waals surface area contributed by atoms with E-state index in [-0.39, 0.29) is 27.9 Å². The lowest BCUT2D eigenvalue weighted by Crippen LogP contribution is -2.38. The Bertz CT molecular complexity index is 695. The van der Waals surface area contributed by atoms with Crippen molar-refractivity contribution in [3.63, 3.8) is 0 Å². The first-order valence-corrected chi connectivity index (χ1v) is 8.91. The number of hydrogen-bond donors (Lipinski definition) is 0. The molecule has 1 atom stereocenters. The molecular formula is C18H24O6Si. The number of ether oxygens (including phenoxy) is 3. The fraction of sp³-hybridized carbons (Fsp3) is 0.556. The quantitative estimate of drug-likeness (QED) is 0.423. The van der Waals surface area contributed by atoms with E-state index in [0.717, 1.165) is 0 Å². The van der Waals surface area contributed by atoms with Crippen LogP contribution in [0.4, 0.5) is 0 Å². The molecule has 0 saturated carbocycles. The number of carbonyl (C=O) groups is 3. The highest BCUT2D eigenvalue weighted by molar-refractivity contribution is 6.28. The molecule has 1 aliphatic rings. The Balaban J connectivity index is 3.53. The summed E-state index contributed by atoms with van der Waals surface area (Å²) in [6.07, 6.45) is 1.88. The zero-order valence-corrected chi connectivity index (χ0v) is 16.5. The van der Waals surface area contributed by atoms with Gasteiger partial charge in [0, 0.05) is 42.4 Å². The Morgan fingerprint density at radius 3 is 1.96 bits per heavy atom. The highest BCUT2D eigenvalue weighted by atomic mass is 28.2. The van der Waals surface area contributed by atoms with Crippen molar-refractivity contribution in [1.29, 1.82) is 0 Å². The van der Waals surface area contributed by atoms with Gasteiger partial charge in [0.05, 0.1) is 0 Å². The van der Waals surface area contributed by atoms with Crippen molar-refractivity contribution in [1.82, 2.24) is 0 Å². The van der Waals surface area contributed by atoms with Gasteiger partial charge in [0.15, 0.2) is 0 Å². The molecule has 0 N–H and O–H groups in total. The third kappa shape index (κ3) is 4.71. The van der Waals surface area contributed by atoms with Crippen molar-refractivity contribution in [3.05, 3.63) is 23.0 Å². The fourth-order valence-electron chi connectivity index (χ4n) is 2.58. The van der Waals surface area contributed by atoms with E-state index in [2.05, 4.69) is 0 Å². The summed E-state index contributed by atoms with van der Waals surface area (Å²) in [5, 5.41) is -0.485. The van der Waals surface area contributed by atoms with Crippen LogP contribution in [0.15, 0.2) is 23.0 Å². The van der Waals surface area contributed by atoms with E-state index in [1.165, 1.54) is 20.8 Å². The third-order valence-electron chi connectivity index (χ3n) is 4.48. The first kappa shape index (κ1) is 20.9. The average molecular weight is 364 g/mol. The summed E-state index contributed by atoms with van der Waals surface area (Å²) in [4.78, 5) is 34.1. The molecule has 136 valence electrons. The van der Waals surface area contributed by atoms with Crippen LogP contribution in [-0.2, 0) is 28.6 Å². The summed E-state index contributed by atoms with van der Waals surface area (Å²) in [6.45, 7) is 9.67. The molecule has 0 fully saturated rings. The zero-order chi connectivity index (χ0) is 19.4. The van der Waals surface area contributed by atoms with Crippen molar-refractivity contribution in [3.8, 4) is 6.00 Å². The van der Waals surface area contributed by atoms with Crippen molar-refractivity contribution in [2.75, 3.05) is 13.2 Å². The summed E-state index contributed by atoms with van der Waals surface area (Å²) in [5.74, 6) is -1.14. The van der Waals surface area contributed by atoms with E-state index >= 15 is 0 Å². The van der Waals surface area contributed by atoms with Gasteiger partial charge in [0.2, 0.25) is 0 Å². The van der Waals surface area contributed by atoms with Crippen LogP contribution >= 0.6 is 0 Å². The predicted octanol–water partition coefficient (Wildman–Crippen LogP) is 2.37. The van der Waals surface area contributed by atoms with Crippen LogP contribution in [0.3, 0.4) is 0 Å². The van der Waals surface area contributed by atoms with Crippen LogP contribution in [0.2, 0.25) is 5.04 Å². The van der Waals surface area contributed by atoms with Gasteiger partial charge in [-0.15, -0.1) is 0 Å². The van der Waals surface area contributed by atoms with E-state index in [4.69, 9.17) is 20.2 Å². The Labute approximate surface area is 150 Å². The van der Waals surface area contributed by atoms with Crippen molar-refractivity contribution in [2.45, 2.75) is 46.6 Å². The minimum Gasteiger partial charge on any atom is -0.461 e. The van der Waals surface area contributed by atoms with E-state index in [9.17, 15) is 14.4 Å². The van der Waals surface area contributed by atoms with Crippen LogP contribution in [-0.4, -0.2) is 40.1 Å². The van der Waals surface area contributed by atoms with E-state index in [0.29, 0.717) is 11.1 Å². The van der Waals surface area contributed by atoms with Gasteiger partial charge < -0.3 is 14.2 Å². The zero-order valence-electron chi connectivity index (χ0n) is 15.5. The second-order valence-electron chi connectivity index (χ2n) is 6.60. The monoisotopic (exact) mass is 364 g/mol. The molecule has 0 spiro atoms. The van der Waals surface area contributed by atoms with Gasteiger partial charge in [-0.2, -0.15) is 6.00 Å². The second kappa shape index (κ2) is 7.85. The average Bonchev–Trinajstić information content (AvgIpc) is 2.48. The normalized spacial score (nSPS) is 21.7. The number of allylic oxidation sites excluding steroid dienone is 1. The van der Waals surface area contributed by atoms with Crippen LogP contribution in [0.1, 0.15) is 41.5 Å². The molecule has 0 aliphatic heterocycles. The lowest BCUT2D eigenvalue weighted by molar-refractivity contribution is -0.140. The Morgan fingerprint density at radius 2 is 1.52 bits per heavy atom. The molecule has 0 aromatic carbocycles. The Hall–Kier alpha value is -2.11. The molecule has 0 aromatic rings. The summed E-state index contributed by atoms with van der Waals surface area (Å²) in [5.41, 5.74) is 0.621. The molecule has 6 nitrogen and oxygen atoms in total. The van der Waals surface area contributed by atoms with Gasteiger partial charge in [0.25, 0.3) is 0 Å². The third-order valence-corrected chi connectivity index (χ3v) is 5.85. The first-order chi connectivity index (χ1) is 11.4. The highest BCUT2D eigenvalue weighted by Gasteiger charge is 2.47. The molecule has 0 saturated heterocycles. The van der Waals surface area contributed by atoms with Gasteiger partial charge in [-0.25, -0.2) is 0 Å². The molecule has 0 bridgehead atoms. The molecule has 25 heavy (non-hydrogen) atoms. The molecule has 0 aromatic heterocycles. The summed E-state index contributed by atoms with van der Waals surface area (Å²) in [6, 6.07) is 6.03. The molecule has 1 aliphatic carbocycles. The molecule has 0 radical (unpaired) electrons. The molecule has 1 rings (SSSR count). The topological polar surface area (TPSA) is 78.9 Å². The van der Waals surface area contributed by atoms with Gasteiger partial charge in [0.1, 0.15) is 19.0 Å². The summed E-state index contributed by atoms with van der Waals surface area (Å²) < 4.78 is 15.7. The lowest BCUT2D eigenvalue weighted by atomic mass is 9.68. The summed E-state index contributed by atoms with van der Waals surface area (Å²) in [7, 11) is 0.0348. The predicted molar refractivity (Wildman–Crippen MR) is 93.0 cm³/mol. The maximum absolute atomic E-state index is 11.6. The minimum absolute atomic E-state index is 0.0348. The van der Waals surface area contributed by atoms with Gasteiger partial charge in [-0.05, 0) is 15.9 Å². The molecule has 0 amide bonds. The Morgan fingerprint density at radius 1 is 1.00 bits per heavy atom. The molecule has 7 heteroatoms. The van der Waals surface area contributed by atoms with Gasteiger partial charge in [-0.1, -0.05) is 19.9 Å². The largest absolute Gasteiger partial charge is 0.461 e. The lowest BCUT2D eigenvalue weighted by Gasteiger charge is -2.45. The smallest absolute Gasteiger partial charge is 0.308 e. The Kier molecular flexibility index (Phi) is 6.57. The number of carbonyl (C=O) groups excluding carboxylic acids is 3. The summed E-state index contributed by atoms with van der Waals surface area (Å²) >= 11 is 0. The van der Waals surface area contributed by atoms with Crippen LogP contribution in [0.5, 0.6) is 0 Å². The standard InChI is InChI=1S/C18H24O6Si/c1-11(19)22-9-14-8-18(6,25-7)17(4,5)15(10-23-12(2)20)16(14)24-13(3)21/h7-8H,9-10H2,1-6H3. The number of rotatable bonds is 5. The minimum atomic E-state index is -0.542. The number of hydrogen-bond acceptors (Lipinski definition) is 6. The number of esters is 3. The molecular weight excluding hydrogens is 340 g/mol. The SMILES string of the molecule is C#[Si]C1(C)C=C(COC(C)=O)C(OC(C)=O)=C(COC(C)=O)C1(C)C. The molecule has 0 heterocycles. The maximum atomic E-state index is 11.6. The van der Waals surface area contributed by atoms with Gasteiger partial charge in [-0.3, -0.25) is 14.4 Å². The van der Waals surface area contributed by atoms with Crippen LogP contribution < -0.4 is 0 Å². The second-order valence-corrected chi connectivity index (χ2v) is 7.93. The first-order valence-electron chi connectivity index (χ1n) is 7.83. The van der Waals surface area contributed by atoms with Crippen molar-refractivity contribution < 1.29 is 28.6 Å². The highest BCUT2D eigenvalue weighted by Crippen LogP contribution is 2.55. The van der Waals surface area contributed by atoms with Gasteiger partial charge >= 0.3 is 17.9 Å². The van der Waals surface area contributed by atoms with E-state index in [1.54, 1.807) is 0 Å². The van der Waals surface area contributed by atoms with E-state index in [1.807, 2.05) is 26.8 Å². The van der Waals surface area contributed by atoms with E-state index < -0.39 is 28.4 Å². The van der Waals surface area contributed by atoms with Crippen LogP contribution in [0, 0.1) is 11.4 Å².